The second-order valence-corrected chi connectivity index (χ2v) is 5.07. The number of hydrogen-bond donors (Lipinski definition) is 1. The normalized spacial score (nSPS) is 12.4. The highest BCUT2D eigenvalue weighted by molar-refractivity contribution is 5.36. The first-order chi connectivity index (χ1) is 9.70. The van der Waals surface area contributed by atoms with E-state index in [9.17, 15) is 0 Å². The topological polar surface area (TPSA) is 34.2 Å². The summed E-state index contributed by atoms with van der Waals surface area (Å²) in [5.41, 5.74) is 2.25. The average molecular weight is 270 g/mol. The smallest absolute Gasteiger partial charge is 0.124 e. The number of nitrogens with one attached hydrogen (secondary N) is 1. The largest absolute Gasteiger partial charge is 0.491 e. The lowest BCUT2D eigenvalue weighted by atomic mass is 10.0. The Hall–Kier alpha value is -1.87. The van der Waals surface area contributed by atoms with Gasteiger partial charge in [-0.25, -0.2) is 0 Å². The van der Waals surface area contributed by atoms with Gasteiger partial charge >= 0.3 is 0 Å². The summed E-state index contributed by atoms with van der Waals surface area (Å²) in [4.78, 5) is 4.40. The van der Waals surface area contributed by atoms with E-state index in [0.29, 0.717) is 0 Å². The van der Waals surface area contributed by atoms with Gasteiger partial charge in [0.1, 0.15) is 5.75 Å². The van der Waals surface area contributed by atoms with E-state index in [0.717, 1.165) is 17.9 Å². The fraction of sp³-hybridized carbons (Fsp3) is 0.353. The van der Waals surface area contributed by atoms with E-state index in [2.05, 4.69) is 22.4 Å². The molecule has 0 spiro atoms. The molecule has 1 atom stereocenters. The lowest BCUT2D eigenvalue weighted by molar-refractivity contribution is 0.238. The van der Waals surface area contributed by atoms with Crippen molar-refractivity contribution in [2.24, 2.45) is 0 Å². The molecule has 0 aliphatic heterocycles. The minimum Gasteiger partial charge on any atom is -0.491 e. The van der Waals surface area contributed by atoms with Crippen LogP contribution in [0.3, 0.4) is 0 Å². The van der Waals surface area contributed by atoms with Crippen molar-refractivity contribution in [3.63, 3.8) is 0 Å². The van der Waals surface area contributed by atoms with Gasteiger partial charge in [0, 0.05) is 29.9 Å². The number of ether oxygens (including phenoxy) is 1. The van der Waals surface area contributed by atoms with Crippen LogP contribution in [0.25, 0.3) is 0 Å². The summed E-state index contributed by atoms with van der Waals surface area (Å²) in [6.45, 7) is 4.09. The monoisotopic (exact) mass is 270 g/mol. The van der Waals surface area contributed by atoms with Gasteiger partial charge in [-0.05, 0) is 39.1 Å². The maximum absolute atomic E-state index is 5.91. The molecule has 0 saturated heterocycles. The molecular formula is C17H22N2O. The van der Waals surface area contributed by atoms with Gasteiger partial charge in [-0.2, -0.15) is 0 Å². The van der Waals surface area contributed by atoms with Crippen LogP contribution in [0.2, 0.25) is 0 Å². The van der Waals surface area contributed by atoms with E-state index in [-0.39, 0.29) is 12.1 Å². The van der Waals surface area contributed by atoms with E-state index >= 15 is 0 Å². The maximum Gasteiger partial charge on any atom is 0.124 e. The Labute approximate surface area is 121 Å². The first-order valence-electron chi connectivity index (χ1n) is 7.03. The zero-order chi connectivity index (χ0) is 14.4. The van der Waals surface area contributed by atoms with Gasteiger partial charge in [0.2, 0.25) is 0 Å². The summed E-state index contributed by atoms with van der Waals surface area (Å²) in [6.07, 6.45) is 2.84. The third-order valence-electron chi connectivity index (χ3n) is 3.14. The molecule has 1 aromatic carbocycles. The predicted octanol–water partition coefficient (Wildman–Crippen LogP) is 3.37. The average Bonchev–Trinajstić information content (AvgIpc) is 2.46. The van der Waals surface area contributed by atoms with Crippen LogP contribution in [0.5, 0.6) is 5.75 Å². The number of para-hydroxylation sites is 1. The Bertz CT molecular complexity index is 526. The predicted molar refractivity (Wildman–Crippen MR) is 81.9 cm³/mol. The van der Waals surface area contributed by atoms with Crippen molar-refractivity contribution in [1.29, 1.82) is 0 Å². The zero-order valence-electron chi connectivity index (χ0n) is 12.3. The second-order valence-electron chi connectivity index (χ2n) is 5.07. The van der Waals surface area contributed by atoms with Crippen LogP contribution in [-0.2, 0) is 6.42 Å². The number of hydrogen-bond acceptors (Lipinski definition) is 3. The fourth-order valence-corrected chi connectivity index (χ4v) is 2.23. The molecule has 0 amide bonds. The summed E-state index contributed by atoms with van der Waals surface area (Å²) in [6, 6.07) is 14.4. The molecule has 0 aliphatic rings. The molecule has 3 heteroatoms. The van der Waals surface area contributed by atoms with Crippen molar-refractivity contribution in [2.75, 3.05) is 7.05 Å². The minimum absolute atomic E-state index is 0.170. The Morgan fingerprint density at radius 2 is 1.85 bits per heavy atom. The van der Waals surface area contributed by atoms with E-state index in [1.54, 1.807) is 0 Å². The van der Waals surface area contributed by atoms with Gasteiger partial charge < -0.3 is 10.1 Å². The SMILES string of the molecule is CNC(Cc1ccccn1)c1ccccc1OC(C)C. The highest BCUT2D eigenvalue weighted by Gasteiger charge is 2.16. The maximum atomic E-state index is 5.91. The van der Waals surface area contributed by atoms with Crippen LogP contribution in [0.1, 0.15) is 31.1 Å². The Kier molecular flexibility index (Phi) is 5.13. The summed E-state index contributed by atoms with van der Waals surface area (Å²) >= 11 is 0. The number of nitrogens with zero attached hydrogens (tertiary/aromatic N) is 1. The molecule has 1 aromatic heterocycles. The lowest BCUT2D eigenvalue weighted by Gasteiger charge is -2.21. The van der Waals surface area contributed by atoms with Crippen molar-refractivity contribution < 1.29 is 4.74 Å². The summed E-state index contributed by atoms with van der Waals surface area (Å²) in [5.74, 6) is 0.942. The molecule has 0 radical (unpaired) electrons. The van der Waals surface area contributed by atoms with Gasteiger partial charge in [-0.1, -0.05) is 24.3 Å². The molecule has 3 nitrogen and oxygen atoms in total. The summed E-state index contributed by atoms with van der Waals surface area (Å²) < 4.78 is 5.91. The van der Waals surface area contributed by atoms with Crippen LogP contribution in [0.15, 0.2) is 48.7 Å². The number of aromatic nitrogens is 1. The van der Waals surface area contributed by atoms with Crippen molar-refractivity contribution in [1.82, 2.24) is 10.3 Å². The molecule has 1 unspecified atom stereocenters. The second kappa shape index (κ2) is 7.06. The number of likely N-dealkylation sites (N-methyl/N-ethyl adjacent to an activating group) is 1. The van der Waals surface area contributed by atoms with Gasteiger partial charge in [0.25, 0.3) is 0 Å². The van der Waals surface area contributed by atoms with Gasteiger partial charge in [-0.15, -0.1) is 0 Å². The third kappa shape index (κ3) is 3.81. The molecule has 106 valence electrons. The van der Waals surface area contributed by atoms with E-state index < -0.39 is 0 Å². The van der Waals surface area contributed by atoms with Crippen LogP contribution in [-0.4, -0.2) is 18.1 Å². The molecule has 0 bridgehead atoms. The molecule has 0 fully saturated rings. The van der Waals surface area contributed by atoms with E-state index in [4.69, 9.17) is 4.74 Å². The first-order valence-corrected chi connectivity index (χ1v) is 7.03. The first kappa shape index (κ1) is 14.5. The zero-order valence-corrected chi connectivity index (χ0v) is 12.3. The van der Waals surface area contributed by atoms with Crippen LogP contribution in [0, 0.1) is 0 Å². The molecule has 0 saturated carbocycles. The van der Waals surface area contributed by atoms with Crippen molar-refractivity contribution in [3.8, 4) is 5.75 Å². The summed E-state index contributed by atoms with van der Waals surface area (Å²) in [7, 11) is 1.97. The van der Waals surface area contributed by atoms with E-state index in [1.165, 1.54) is 5.56 Å². The lowest BCUT2D eigenvalue weighted by Crippen LogP contribution is -2.21. The Balaban J connectivity index is 2.23. The Morgan fingerprint density at radius 3 is 2.50 bits per heavy atom. The van der Waals surface area contributed by atoms with Crippen LogP contribution < -0.4 is 10.1 Å². The molecule has 2 aromatic rings. The molecule has 1 N–H and O–H groups in total. The third-order valence-corrected chi connectivity index (χ3v) is 3.14. The van der Waals surface area contributed by atoms with Gasteiger partial charge in [-0.3, -0.25) is 4.98 Å². The van der Waals surface area contributed by atoms with Gasteiger partial charge in [0.15, 0.2) is 0 Å². The number of benzene rings is 1. The Morgan fingerprint density at radius 1 is 1.10 bits per heavy atom. The molecular weight excluding hydrogens is 248 g/mol. The molecule has 0 aliphatic carbocycles. The molecule has 2 rings (SSSR count). The van der Waals surface area contributed by atoms with E-state index in [1.807, 2.05) is 57.4 Å². The van der Waals surface area contributed by atoms with Crippen molar-refractivity contribution in [3.05, 3.63) is 59.9 Å². The van der Waals surface area contributed by atoms with Gasteiger partial charge in [0.05, 0.1) is 6.10 Å². The van der Waals surface area contributed by atoms with Crippen molar-refractivity contribution >= 4 is 0 Å². The summed E-state index contributed by atoms with van der Waals surface area (Å²) in [5, 5.41) is 3.36. The highest BCUT2D eigenvalue weighted by atomic mass is 16.5. The van der Waals surface area contributed by atoms with Crippen LogP contribution >= 0.6 is 0 Å². The molecule has 20 heavy (non-hydrogen) atoms. The minimum atomic E-state index is 0.170. The fourth-order valence-electron chi connectivity index (χ4n) is 2.23. The van der Waals surface area contributed by atoms with Crippen LogP contribution in [0.4, 0.5) is 0 Å². The number of pyridine rings is 1. The molecule has 1 heterocycles. The highest BCUT2D eigenvalue weighted by Crippen LogP contribution is 2.27. The quantitative estimate of drug-likeness (QED) is 0.874. The van der Waals surface area contributed by atoms with Crippen molar-refractivity contribution in [2.45, 2.75) is 32.4 Å². The standard InChI is InChI=1S/C17H22N2O/c1-13(2)20-17-10-5-4-9-15(17)16(18-3)12-14-8-6-7-11-19-14/h4-11,13,16,18H,12H2,1-3H3. The number of rotatable bonds is 6.